The molecule has 0 saturated heterocycles. The van der Waals surface area contributed by atoms with Crippen molar-refractivity contribution in [2.24, 2.45) is 0 Å². The van der Waals surface area contributed by atoms with Crippen LogP contribution < -0.4 is 14.8 Å². The Labute approximate surface area is 139 Å². The van der Waals surface area contributed by atoms with Gasteiger partial charge in [-0.3, -0.25) is 14.9 Å². The van der Waals surface area contributed by atoms with Crippen molar-refractivity contribution in [3.63, 3.8) is 0 Å². The molecule has 0 saturated carbocycles. The fraction of sp³-hybridized carbons (Fsp3) is 0.235. The van der Waals surface area contributed by atoms with Crippen LogP contribution in [-0.4, -0.2) is 24.5 Å². The summed E-state index contributed by atoms with van der Waals surface area (Å²) in [6, 6.07) is 13.3. The van der Waals surface area contributed by atoms with E-state index in [1.54, 1.807) is 13.2 Å². The van der Waals surface area contributed by atoms with Crippen LogP contribution in [0.2, 0.25) is 0 Å². The zero-order valence-electron chi connectivity index (χ0n) is 13.2. The Morgan fingerprint density at radius 1 is 1.17 bits per heavy atom. The Morgan fingerprint density at radius 2 is 1.92 bits per heavy atom. The molecule has 0 radical (unpaired) electrons. The molecule has 0 spiro atoms. The van der Waals surface area contributed by atoms with E-state index in [0.29, 0.717) is 12.3 Å². The average Bonchev–Trinajstić information content (AvgIpc) is 2.60. The monoisotopic (exact) mass is 330 g/mol. The van der Waals surface area contributed by atoms with Gasteiger partial charge in [-0.15, -0.1) is 0 Å². The lowest BCUT2D eigenvalue weighted by Gasteiger charge is -2.08. The van der Waals surface area contributed by atoms with Crippen LogP contribution in [0.5, 0.6) is 11.5 Å². The van der Waals surface area contributed by atoms with Crippen LogP contribution in [-0.2, 0) is 11.3 Å². The summed E-state index contributed by atoms with van der Waals surface area (Å²) >= 11 is 0. The molecule has 0 bridgehead atoms. The SMILES string of the molecule is COc1ccc(CNC(=O)CCOc2cccc([N+](=O)[O-])c2)cc1. The number of amides is 1. The highest BCUT2D eigenvalue weighted by atomic mass is 16.6. The van der Waals surface area contributed by atoms with Gasteiger partial charge in [-0.25, -0.2) is 0 Å². The molecular formula is C17H18N2O5. The Kier molecular flexibility index (Phi) is 6.13. The number of hydrogen-bond donors (Lipinski definition) is 1. The normalized spacial score (nSPS) is 10.0. The highest BCUT2D eigenvalue weighted by Crippen LogP contribution is 2.19. The van der Waals surface area contributed by atoms with E-state index in [2.05, 4.69) is 5.32 Å². The smallest absolute Gasteiger partial charge is 0.273 e. The fourth-order valence-electron chi connectivity index (χ4n) is 1.98. The molecule has 0 unspecified atom stereocenters. The van der Waals surface area contributed by atoms with Gasteiger partial charge in [-0.1, -0.05) is 18.2 Å². The van der Waals surface area contributed by atoms with Gasteiger partial charge in [0, 0.05) is 12.6 Å². The summed E-state index contributed by atoms with van der Waals surface area (Å²) in [4.78, 5) is 22.0. The van der Waals surface area contributed by atoms with E-state index in [1.165, 1.54) is 18.2 Å². The van der Waals surface area contributed by atoms with Gasteiger partial charge in [0.2, 0.25) is 5.91 Å². The number of nitrogens with zero attached hydrogens (tertiary/aromatic N) is 1. The predicted octanol–water partition coefficient (Wildman–Crippen LogP) is 2.69. The van der Waals surface area contributed by atoms with Crippen LogP contribution in [0.1, 0.15) is 12.0 Å². The molecule has 2 aromatic carbocycles. The number of methoxy groups -OCH3 is 1. The number of nitro benzene ring substituents is 1. The summed E-state index contributed by atoms with van der Waals surface area (Å²) < 4.78 is 10.4. The van der Waals surface area contributed by atoms with E-state index in [1.807, 2.05) is 24.3 Å². The lowest BCUT2D eigenvalue weighted by atomic mass is 10.2. The maximum absolute atomic E-state index is 11.8. The molecule has 7 heteroatoms. The molecule has 1 N–H and O–H groups in total. The summed E-state index contributed by atoms with van der Waals surface area (Å²) in [6.45, 7) is 0.565. The van der Waals surface area contributed by atoms with Crippen molar-refractivity contribution in [2.75, 3.05) is 13.7 Å². The number of nitro groups is 1. The van der Waals surface area contributed by atoms with Crippen molar-refractivity contribution < 1.29 is 19.2 Å². The first kappa shape index (κ1) is 17.3. The molecule has 0 heterocycles. The first-order valence-corrected chi connectivity index (χ1v) is 7.35. The highest BCUT2D eigenvalue weighted by Gasteiger charge is 2.07. The Morgan fingerprint density at radius 3 is 2.58 bits per heavy atom. The second-order valence-corrected chi connectivity index (χ2v) is 4.98. The fourth-order valence-corrected chi connectivity index (χ4v) is 1.98. The predicted molar refractivity (Wildman–Crippen MR) is 88.0 cm³/mol. The molecular weight excluding hydrogens is 312 g/mol. The third-order valence-corrected chi connectivity index (χ3v) is 3.28. The van der Waals surface area contributed by atoms with Crippen molar-refractivity contribution in [3.8, 4) is 11.5 Å². The van der Waals surface area contributed by atoms with Crippen molar-refractivity contribution in [3.05, 3.63) is 64.2 Å². The minimum Gasteiger partial charge on any atom is -0.497 e. The number of carbonyl (C=O) groups is 1. The summed E-state index contributed by atoms with van der Waals surface area (Å²) in [5.74, 6) is 0.971. The zero-order valence-corrected chi connectivity index (χ0v) is 13.2. The van der Waals surface area contributed by atoms with Gasteiger partial charge in [-0.2, -0.15) is 0 Å². The lowest BCUT2D eigenvalue weighted by molar-refractivity contribution is -0.384. The van der Waals surface area contributed by atoms with Gasteiger partial charge in [0.15, 0.2) is 0 Å². The summed E-state index contributed by atoms with van der Waals surface area (Å²) in [5, 5.41) is 13.5. The molecule has 0 aliphatic rings. The largest absolute Gasteiger partial charge is 0.497 e. The third-order valence-electron chi connectivity index (χ3n) is 3.28. The van der Waals surface area contributed by atoms with Crippen molar-refractivity contribution >= 4 is 11.6 Å². The molecule has 126 valence electrons. The topological polar surface area (TPSA) is 90.7 Å². The molecule has 0 aromatic heterocycles. The minimum atomic E-state index is -0.492. The van der Waals surface area contributed by atoms with Crippen LogP contribution >= 0.6 is 0 Å². The van der Waals surface area contributed by atoms with E-state index in [0.717, 1.165) is 11.3 Å². The second kappa shape index (κ2) is 8.52. The van der Waals surface area contributed by atoms with E-state index in [9.17, 15) is 14.9 Å². The van der Waals surface area contributed by atoms with Gasteiger partial charge in [0.05, 0.1) is 31.1 Å². The van der Waals surface area contributed by atoms with E-state index in [4.69, 9.17) is 9.47 Å². The van der Waals surface area contributed by atoms with Crippen LogP contribution in [0.3, 0.4) is 0 Å². The molecule has 7 nitrogen and oxygen atoms in total. The number of rotatable bonds is 8. The number of benzene rings is 2. The lowest BCUT2D eigenvalue weighted by Crippen LogP contribution is -2.24. The maximum atomic E-state index is 11.8. The molecule has 0 aliphatic heterocycles. The molecule has 0 aliphatic carbocycles. The first-order valence-electron chi connectivity index (χ1n) is 7.35. The van der Waals surface area contributed by atoms with E-state index < -0.39 is 4.92 Å². The van der Waals surface area contributed by atoms with Crippen LogP contribution in [0.25, 0.3) is 0 Å². The Balaban J connectivity index is 1.73. The van der Waals surface area contributed by atoms with Gasteiger partial charge in [0.25, 0.3) is 5.69 Å². The maximum Gasteiger partial charge on any atom is 0.273 e. The number of carbonyl (C=O) groups excluding carboxylic acids is 1. The average molecular weight is 330 g/mol. The van der Waals surface area contributed by atoms with Gasteiger partial charge < -0.3 is 14.8 Å². The number of hydrogen-bond acceptors (Lipinski definition) is 5. The van der Waals surface area contributed by atoms with Crippen molar-refractivity contribution in [1.82, 2.24) is 5.32 Å². The third kappa shape index (κ3) is 5.28. The standard InChI is InChI=1S/C17H18N2O5/c1-23-15-7-5-13(6-8-15)12-18-17(20)9-10-24-16-4-2-3-14(11-16)19(21)22/h2-8,11H,9-10,12H2,1H3,(H,18,20). The molecule has 24 heavy (non-hydrogen) atoms. The Bertz CT molecular complexity index is 700. The minimum absolute atomic E-state index is 0.0449. The van der Waals surface area contributed by atoms with Crippen LogP contribution in [0.15, 0.2) is 48.5 Å². The van der Waals surface area contributed by atoms with Gasteiger partial charge in [0.1, 0.15) is 11.5 Å². The van der Waals surface area contributed by atoms with Gasteiger partial charge >= 0.3 is 0 Å². The van der Waals surface area contributed by atoms with Crippen LogP contribution in [0.4, 0.5) is 5.69 Å². The number of non-ortho nitro benzene ring substituents is 1. The molecule has 1 amide bonds. The zero-order chi connectivity index (χ0) is 17.4. The highest BCUT2D eigenvalue weighted by molar-refractivity contribution is 5.76. The number of nitrogens with one attached hydrogen (secondary N) is 1. The number of ether oxygens (including phenoxy) is 2. The van der Waals surface area contributed by atoms with Crippen LogP contribution in [0, 0.1) is 10.1 Å². The summed E-state index contributed by atoms with van der Waals surface area (Å²) in [7, 11) is 1.60. The first-order chi connectivity index (χ1) is 11.6. The second-order valence-electron chi connectivity index (χ2n) is 4.98. The van der Waals surface area contributed by atoms with Gasteiger partial charge in [-0.05, 0) is 23.8 Å². The van der Waals surface area contributed by atoms with Crippen molar-refractivity contribution in [2.45, 2.75) is 13.0 Å². The quantitative estimate of drug-likeness (QED) is 0.593. The summed E-state index contributed by atoms with van der Waals surface area (Å²) in [5.41, 5.74) is 0.917. The van der Waals surface area contributed by atoms with E-state index in [-0.39, 0.29) is 24.6 Å². The summed E-state index contributed by atoms with van der Waals surface area (Å²) in [6.07, 6.45) is 0.166. The van der Waals surface area contributed by atoms with Crippen molar-refractivity contribution in [1.29, 1.82) is 0 Å². The molecule has 0 fully saturated rings. The molecule has 0 atom stereocenters. The molecule has 2 rings (SSSR count). The van der Waals surface area contributed by atoms with E-state index >= 15 is 0 Å². The molecule has 2 aromatic rings. The Hall–Kier alpha value is -3.09.